The Morgan fingerprint density at radius 2 is 2.04 bits per heavy atom. The van der Waals surface area contributed by atoms with Gasteiger partial charge in [0.15, 0.2) is 0 Å². The van der Waals surface area contributed by atoms with Crippen LogP contribution in [0.4, 0.5) is 5.82 Å². The summed E-state index contributed by atoms with van der Waals surface area (Å²) in [4.78, 5) is 20.5. The molecule has 2 aromatic heterocycles. The number of hydrogen-bond acceptors (Lipinski definition) is 6. The van der Waals surface area contributed by atoms with Gasteiger partial charge in [-0.2, -0.15) is 5.10 Å². The Bertz CT molecular complexity index is 990. The molecule has 1 aliphatic rings. The third-order valence-electron chi connectivity index (χ3n) is 5.26. The van der Waals surface area contributed by atoms with Crippen LogP contribution >= 0.6 is 0 Å². The lowest BCUT2D eigenvalue weighted by atomic mass is 10.0. The fraction of sp³-hybridized carbons (Fsp3) is 0.444. The van der Waals surface area contributed by atoms with Crippen molar-refractivity contribution in [3.05, 3.63) is 46.9 Å². The Kier molecular flexibility index (Phi) is 4.20. The third kappa shape index (κ3) is 2.86. The molecule has 2 heterocycles. The van der Waals surface area contributed by atoms with Gasteiger partial charge in [0.05, 0.1) is 11.6 Å². The normalized spacial score (nSPS) is 22.8. The Labute approximate surface area is 150 Å². The zero-order valence-corrected chi connectivity index (χ0v) is 14.8. The van der Waals surface area contributed by atoms with Gasteiger partial charge in [-0.1, -0.05) is 12.1 Å². The molecule has 1 fully saturated rings. The zero-order valence-electron chi connectivity index (χ0n) is 14.8. The minimum absolute atomic E-state index is 0.0748. The van der Waals surface area contributed by atoms with Crippen LogP contribution < -0.4 is 11.0 Å². The Morgan fingerprint density at radius 3 is 2.81 bits per heavy atom. The van der Waals surface area contributed by atoms with Crippen molar-refractivity contribution in [2.75, 3.05) is 11.9 Å². The number of nitrogens with one attached hydrogen (secondary N) is 1. The molecule has 3 aromatic rings. The third-order valence-corrected chi connectivity index (χ3v) is 5.26. The number of para-hydroxylation sites is 1. The summed E-state index contributed by atoms with van der Waals surface area (Å²) < 4.78 is 2.92. The van der Waals surface area contributed by atoms with Crippen molar-refractivity contribution in [2.45, 2.75) is 24.9 Å². The molecule has 1 aliphatic carbocycles. The molecule has 136 valence electrons. The summed E-state index contributed by atoms with van der Waals surface area (Å²) in [6.07, 6.45) is 2.50. The van der Waals surface area contributed by atoms with E-state index >= 15 is 0 Å². The van der Waals surface area contributed by atoms with Crippen LogP contribution in [0.3, 0.4) is 0 Å². The molecule has 26 heavy (non-hydrogen) atoms. The van der Waals surface area contributed by atoms with Gasteiger partial charge in [-0.05, 0) is 25.0 Å². The van der Waals surface area contributed by atoms with Crippen LogP contribution in [0.2, 0.25) is 0 Å². The largest absolute Gasteiger partial charge is 0.393 e. The van der Waals surface area contributed by atoms with Gasteiger partial charge < -0.3 is 10.4 Å². The van der Waals surface area contributed by atoms with Crippen molar-refractivity contribution in [3.63, 3.8) is 0 Å². The van der Waals surface area contributed by atoms with Crippen molar-refractivity contribution in [3.8, 4) is 0 Å². The highest BCUT2D eigenvalue weighted by Crippen LogP contribution is 2.37. The van der Waals surface area contributed by atoms with E-state index in [0.717, 1.165) is 29.0 Å². The van der Waals surface area contributed by atoms with Crippen molar-refractivity contribution < 1.29 is 5.11 Å². The van der Waals surface area contributed by atoms with Crippen LogP contribution in [-0.2, 0) is 14.1 Å². The summed E-state index contributed by atoms with van der Waals surface area (Å²) >= 11 is 0. The maximum Gasteiger partial charge on any atom is 0.345 e. The molecule has 0 bridgehead atoms. The molecule has 3 atom stereocenters. The van der Waals surface area contributed by atoms with E-state index < -0.39 is 6.10 Å². The summed E-state index contributed by atoms with van der Waals surface area (Å²) in [5.74, 6) is 1.67. The standard InChI is InChI=1S/C18H22N6O2/c1-23-17(22-24(2)18(23)26)11-7-12(15(25)8-11)9-19-16-13-5-3-4-6-14(13)20-10-21-16/h3-6,10-12,15,25H,7-9H2,1-2H3,(H,19,20,21)/t11-,12+,15+/m0/s1. The highest BCUT2D eigenvalue weighted by molar-refractivity contribution is 5.88. The van der Waals surface area contributed by atoms with Gasteiger partial charge >= 0.3 is 5.69 Å². The minimum atomic E-state index is -0.433. The quantitative estimate of drug-likeness (QED) is 0.726. The molecule has 0 radical (unpaired) electrons. The monoisotopic (exact) mass is 354 g/mol. The molecule has 0 amide bonds. The summed E-state index contributed by atoms with van der Waals surface area (Å²) in [6, 6.07) is 7.83. The van der Waals surface area contributed by atoms with Crippen molar-refractivity contribution in [2.24, 2.45) is 20.0 Å². The first-order valence-electron chi connectivity index (χ1n) is 8.76. The number of rotatable bonds is 4. The lowest BCUT2D eigenvalue weighted by Crippen LogP contribution is -2.22. The van der Waals surface area contributed by atoms with E-state index in [9.17, 15) is 9.90 Å². The summed E-state index contributed by atoms with van der Waals surface area (Å²) in [5.41, 5.74) is 0.752. The van der Waals surface area contributed by atoms with E-state index in [-0.39, 0.29) is 17.5 Å². The van der Waals surface area contributed by atoms with Crippen LogP contribution in [0.1, 0.15) is 24.6 Å². The second-order valence-electron chi connectivity index (χ2n) is 6.94. The van der Waals surface area contributed by atoms with Gasteiger partial charge in [0.1, 0.15) is 18.0 Å². The lowest BCUT2D eigenvalue weighted by Gasteiger charge is -2.16. The molecule has 0 unspecified atom stereocenters. The maximum atomic E-state index is 11.9. The number of aromatic nitrogens is 5. The maximum absolute atomic E-state index is 11.9. The summed E-state index contributed by atoms with van der Waals surface area (Å²) in [7, 11) is 3.38. The van der Waals surface area contributed by atoms with Crippen LogP contribution in [0.5, 0.6) is 0 Å². The van der Waals surface area contributed by atoms with E-state index in [1.807, 2.05) is 24.3 Å². The molecule has 8 nitrogen and oxygen atoms in total. The Balaban J connectivity index is 1.49. The van der Waals surface area contributed by atoms with Crippen LogP contribution in [0.15, 0.2) is 35.4 Å². The molecule has 0 saturated heterocycles. The van der Waals surface area contributed by atoms with E-state index in [1.54, 1.807) is 25.0 Å². The number of aliphatic hydroxyl groups is 1. The molecular formula is C18H22N6O2. The molecule has 0 spiro atoms. The van der Waals surface area contributed by atoms with Gasteiger partial charge in [0, 0.05) is 37.9 Å². The molecule has 1 saturated carbocycles. The molecule has 0 aliphatic heterocycles. The Hall–Kier alpha value is -2.74. The molecule has 2 N–H and O–H groups in total. The number of benzene rings is 1. The van der Waals surface area contributed by atoms with Gasteiger partial charge in [0.2, 0.25) is 0 Å². The van der Waals surface area contributed by atoms with Gasteiger partial charge in [-0.3, -0.25) is 4.57 Å². The highest BCUT2D eigenvalue weighted by Gasteiger charge is 2.36. The smallest absolute Gasteiger partial charge is 0.345 e. The zero-order chi connectivity index (χ0) is 18.3. The number of nitrogens with zero attached hydrogens (tertiary/aromatic N) is 5. The second kappa shape index (κ2) is 6.53. The molecule has 1 aromatic carbocycles. The van der Waals surface area contributed by atoms with E-state index in [1.165, 1.54) is 4.68 Å². The summed E-state index contributed by atoms with van der Waals surface area (Å²) in [5, 5.41) is 19.1. The van der Waals surface area contributed by atoms with Gasteiger partial charge in [-0.25, -0.2) is 19.4 Å². The first-order valence-corrected chi connectivity index (χ1v) is 8.76. The van der Waals surface area contributed by atoms with Crippen molar-refractivity contribution >= 4 is 16.7 Å². The number of hydrogen-bond donors (Lipinski definition) is 2. The molecular weight excluding hydrogens is 332 g/mol. The average Bonchev–Trinajstić information content (AvgIpc) is 3.14. The number of anilines is 1. The molecule has 4 rings (SSSR count). The van der Waals surface area contributed by atoms with Gasteiger partial charge in [0.25, 0.3) is 0 Å². The van der Waals surface area contributed by atoms with Crippen molar-refractivity contribution in [1.82, 2.24) is 24.3 Å². The molecule has 8 heteroatoms. The second-order valence-corrected chi connectivity index (χ2v) is 6.94. The highest BCUT2D eigenvalue weighted by atomic mass is 16.3. The fourth-order valence-corrected chi connectivity index (χ4v) is 3.84. The Morgan fingerprint density at radius 1 is 1.23 bits per heavy atom. The predicted molar refractivity (Wildman–Crippen MR) is 97.9 cm³/mol. The van der Waals surface area contributed by atoms with Crippen LogP contribution in [0, 0.1) is 5.92 Å². The van der Waals surface area contributed by atoms with Crippen LogP contribution in [0.25, 0.3) is 10.9 Å². The minimum Gasteiger partial charge on any atom is -0.393 e. The van der Waals surface area contributed by atoms with E-state index in [0.29, 0.717) is 13.0 Å². The van der Waals surface area contributed by atoms with Gasteiger partial charge in [-0.15, -0.1) is 0 Å². The first kappa shape index (κ1) is 16.7. The fourth-order valence-electron chi connectivity index (χ4n) is 3.84. The SMILES string of the molecule is Cn1nc([C@H]2C[C@H](CNc3ncnc4ccccc34)[C@H](O)C2)n(C)c1=O. The number of aryl methyl sites for hydroxylation is 1. The van der Waals surface area contributed by atoms with E-state index in [2.05, 4.69) is 20.4 Å². The summed E-state index contributed by atoms with van der Waals surface area (Å²) in [6.45, 7) is 0.611. The lowest BCUT2D eigenvalue weighted by molar-refractivity contribution is 0.137. The van der Waals surface area contributed by atoms with Crippen LogP contribution in [-0.4, -0.2) is 42.1 Å². The first-order chi connectivity index (χ1) is 12.5. The average molecular weight is 354 g/mol. The van der Waals surface area contributed by atoms with E-state index in [4.69, 9.17) is 0 Å². The predicted octanol–water partition coefficient (Wildman–Crippen LogP) is 1.03. The van der Waals surface area contributed by atoms with Crippen molar-refractivity contribution in [1.29, 1.82) is 0 Å². The topological polar surface area (TPSA) is 97.9 Å². The number of fused-ring (bicyclic) bond motifs is 1. The number of aliphatic hydroxyl groups excluding tert-OH is 1.